The van der Waals surface area contributed by atoms with Crippen LogP contribution < -0.4 is 14.4 Å². The number of aryl methyl sites for hydroxylation is 2. The van der Waals surface area contributed by atoms with Gasteiger partial charge in [-0.05, 0) is 245 Å². The number of esters is 2. The lowest BCUT2D eigenvalue weighted by Crippen LogP contribution is -2.43. The summed E-state index contributed by atoms with van der Waals surface area (Å²) in [4.78, 5) is 30.2. The lowest BCUT2D eigenvalue weighted by molar-refractivity contribution is -0.438. The van der Waals surface area contributed by atoms with E-state index in [1.165, 1.54) is 22.3 Å². The summed E-state index contributed by atoms with van der Waals surface area (Å²) in [6.45, 7) is 13.8. The first kappa shape index (κ1) is 63.2. The first-order valence-corrected chi connectivity index (χ1v) is 35.8. The number of hydrogen-bond donors (Lipinski definition) is 2. The maximum Gasteiger partial charge on any atom is 0.343 e. The summed E-state index contributed by atoms with van der Waals surface area (Å²) in [5, 5.41) is 21.8. The normalized spacial score (nSPS) is 29.4. The minimum absolute atomic E-state index is 0.00156. The minimum Gasteiger partial charge on any atom is -0.748 e. The Balaban J connectivity index is 0.733. The number of rotatable bonds is 18. The maximum atomic E-state index is 14.0. The fourth-order valence-corrected chi connectivity index (χ4v) is 19.3. The van der Waals surface area contributed by atoms with E-state index in [4.69, 9.17) is 9.47 Å². The van der Waals surface area contributed by atoms with Crippen LogP contribution in [0.25, 0.3) is 0 Å². The molecule has 0 aromatic heterocycles. The van der Waals surface area contributed by atoms with E-state index in [0.717, 1.165) is 111 Å². The molecule has 0 bridgehead atoms. The Labute approximate surface area is 526 Å². The standard InChI is InChI=1S/C73H88N2O12S2/c1-70(2)60-44-48(68(78)86-50-22-26-52-46(42-50)18-24-56-54(52)34-36-72(5)58(56)28-32-66(72)76)20-30-62(60)74(38-12-14-40-88(80,81)82)64(70)16-10-8-7-9-11-17-65-71(3,4)61-45-49(21-31-63(61)75(65)39-13-15-41-89(83,84)85)69(79)87-51-23-27-53-47(43-51)19-25-57-55(53)35-37-73(6)59(57)29-33-67(73)77/h7-11,16-17,20-23,26-27,30-31,42-45,54-59,66-67,76-77H,12-15,18-19,24-25,28-29,32-41H2,1-6H3,(H-,80,81,82,83,84,85)/p-1/t54?,55?,56?,57?,58?,59?,66-,67-,72-,73-/m0/s1. The lowest BCUT2D eigenvalue weighted by atomic mass is 9.55. The van der Waals surface area contributed by atoms with Crippen molar-refractivity contribution in [2.45, 2.75) is 179 Å². The van der Waals surface area contributed by atoms with E-state index < -0.39 is 54.5 Å². The van der Waals surface area contributed by atoms with Gasteiger partial charge >= 0.3 is 11.9 Å². The molecule has 0 radical (unpaired) electrons. The van der Waals surface area contributed by atoms with E-state index in [-0.39, 0.29) is 35.9 Å². The Morgan fingerprint density at radius 2 is 1.11 bits per heavy atom. The van der Waals surface area contributed by atoms with Gasteiger partial charge in [0.15, 0.2) is 5.71 Å². The number of benzene rings is 4. The predicted octanol–water partition coefficient (Wildman–Crippen LogP) is 12.9. The zero-order valence-electron chi connectivity index (χ0n) is 52.4. The molecule has 4 aromatic carbocycles. The lowest BCUT2D eigenvalue weighted by Gasteiger charge is -2.50. The highest BCUT2D eigenvalue weighted by atomic mass is 32.2. The van der Waals surface area contributed by atoms with Crippen LogP contribution in [-0.2, 0) is 43.9 Å². The minimum atomic E-state index is -4.39. The third-order valence-electron chi connectivity index (χ3n) is 23.0. The van der Waals surface area contributed by atoms with Crippen LogP contribution in [0.15, 0.2) is 121 Å². The van der Waals surface area contributed by atoms with E-state index in [1.54, 1.807) is 12.1 Å². The van der Waals surface area contributed by atoms with Gasteiger partial charge in [0, 0.05) is 59.0 Å². The van der Waals surface area contributed by atoms with E-state index in [2.05, 4.69) is 63.2 Å². The van der Waals surface area contributed by atoms with E-state index in [0.29, 0.717) is 84.1 Å². The van der Waals surface area contributed by atoms with Gasteiger partial charge in [-0.15, -0.1) is 0 Å². The van der Waals surface area contributed by atoms with Crippen molar-refractivity contribution in [1.29, 1.82) is 0 Å². The Morgan fingerprint density at radius 1 is 0.596 bits per heavy atom. The van der Waals surface area contributed by atoms with Crippen LogP contribution in [0.3, 0.4) is 0 Å². The van der Waals surface area contributed by atoms with Gasteiger partial charge in [0.2, 0.25) is 5.69 Å². The largest absolute Gasteiger partial charge is 0.748 e. The molecular formula is C73H87N2O12S2-. The molecule has 0 amide bonds. The van der Waals surface area contributed by atoms with Gasteiger partial charge in [-0.3, -0.25) is 0 Å². The molecule has 2 heterocycles. The zero-order chi connectivity index (χ0) is 63.0. The fourth-order valence-electron chi connectivity index (χ4n) is 18.2. The second kappa shape index (κ2) is 24.2. The van der Waals surface area contributed by atoms with Crippen LogP contribution in [0.1, 0.15) is 197 Å². The number of aliphatic hydroxyl groups is 2. The summed E-state index contributed by atoms with van der Waals surface area (Å²) >= 11 is 0. The van der Waals surface area contributed by atoms with Gasteiger partial charge < -0.3 is 33.7 Å². The smallest absolute Gasteiger partial charge is 0.343 e. The number of anilines is 1. The number of ether oxygens (including phenoxy) is 2. The average Bonchev–Trinajstić information content (AvgIpc) is 1.74. The molecule has 12 rings (SSSR count). The van der Waals surface area contributed by atoms with Crippen molar-refractivity contribution in [2.75, 3.05) is 29.5 Å². The molecule has 4 saturated carbocycles. The molecular weight excluding hydrogens is 1160 g/mol. The second-order valence-electron chi connectivity index (χ2n) is 28.6. The molecule has 6 aliphatic carbocycles. The highest BCUT2D eigenvalue weighted by Crippen LogP contribution is 2.63. The summed E-state index contributed by atoms with van der Waals surface area (Å²) in [7, 11) is -8.77. The van der Waals surface area contributed by atoms with Crippen molar-refractivity contribution in [1.82, 2.24) is 0 Å². The number of allylic oxidation sites excluding steroid dienone is 8. The molecule has 0 spiro atoms. The number of hydrogen-bond acceptors (Lipinski definition) is 13. The molecule has 14 nitrogen and oxygen atoms in total. The van der Waals surface area contributed by atoms with Crippen molar-refractivity contribution >= 4 is 49.3 Å². The molecule has 10 atom stereocenters. The number of nitrogens with zero attached hydrogens (tertiary/aromatic N) is 2. The van der Waals surface area contributed by atoms with Gasteiger partial charge in [0.05, 0.1) is 49.0 Å². The van der Waals surface area contributed by atoms with Crippen molar-refractivity contribution in [3.63, 3.8) is 0 Å². The van der Waals surface area contributed by atoms with E-state index in [1.807, 2.05) is 91.1 Å². The summed E-state index contributed by atoms with van der Waals surface area (Å²) in [5.41, 5.74) is 10.2. The SMILES string of the molecule is CC1(C)C(/C=C/C=C/C=C/C=C2\N(CCCCS(=O)(=O)[O-])c3ccc(C(=O)Oc4ccc5c(c4)CCC4C5CC[C@@]5(C)C4CC[C@@H]5O)cc3C2(C)C)=[N+](CCCCS(=O)(=O)[O-])c2ccc(C(=O)Oc3ccc4c(c3)CCC3C4CC[C@@]4(C)C3CC[C@@H]4O)cc21. The summed E-state index contributed by atoms with van der Waals surface area (Å²) in [5.74, 6) is 2.26. The van der Waals surface area contributed by atoms with Crippen LogP contribution in [-0.4, -0.2) is 95.2 Å². The molecule has 6 unspecified atom stereocenters. The predicted molar refractivity (Wildman–Crippen MR) is 343 cm³/mol. The third kappa shape index (κ3) is 12.1. The Hall–Kier alpha value is -6.01. The van der Waals surface area contributed by atoms with Gasteiger partial charge in [-0.2, -0.15) is 4.58 Å². The number of unbranched alkanes of at least 4 members (excludes halogenated alkanes) is 2. The van der Waals surface area contributed by atoms with E-state index in [9.17, 15) is 45.7 Å². The molecule has 0 saturated heterocycles. The van der Waals surface area contributed by atoms with Crippen LogP contribution in [0.5, 0.6) is 11.5 Å². The quantitative estimate of drug-likeness (QED) is 0.0237. The van der Waals surface area contributed by atoms with Crippen molar-refractivity contribution in [3.05, 3.63) is 166 Å². The van der Waals surface area contributed by atoms with Gasteiger partial charge in [0.25, 0.3) is 0 Å². The fraction of sp³-hybridized carbons (Fsp3) is 0.521. The topological polar surface area (TPSA) is 214 Å². The van der Waals surface area contributed by atoms with Crippen molar-refractivity contribution < 1.29 is 59.8 Å². The molecule has 16 heteroatoms. The highest BCUT2D eigenvalue weighted by molar-refractivity contribution is 7.85. The van der Waals surface area contributed by atoms with Gasteiger partial charge in [0.1, 0.15) is 18.0 Å². The summed E-state index contributed by atoms with van der Waals surface area (Å²) < 4.78 is 83.9. The molecule has 2 N–H and O–H groups in total. The third-order valence-corrected chi connectivity index (χ3v) is 24.6. The second-order valence-corrected chi connectivity index (χ2v) is 31.7. The molecule has 89 heavy (non-hydrogen) atoms. The van der Waals surface area contributed by atoms with Crippen LogP contribution in [0, 0.1) is 34.5 Å². The van der Waals surface area contributed by atoms with Crippen molar-refractivity contribution in [2.24, 2.45) is 34.5 Å². The summed E-state index contributed by atoms with van der Waals surface area (Å²) in [6, 6.07) is 23.4. The first-order chi connectivity index (χ1) is 42.2. The number of carbonyl (C=O) groups excluding carboxylic acids is 2. The molecule has 4 aromatic rings. The number of carbonyl (C=O) groups is 2. The Kier molecular flexibility index (Phi) is 17.2. The highest BCUT2D eigenvalue weighted by Gasteiger charge is 2.56. The van der Waals surface area contributed by atoms with Crippen LogP contribution in [0.4, 0.5) is 11.4 Å². The molecule has 2 aliphatic heterocycles. The molecule has 474 valence electrons. The Bertz CT molecular complexity index is 3860. The van der Waals surface area contributed by atoms with Gasteiger partial charge in [-0.1, -0.05) is 70.2 Å². The monoisotopic (exact) mass is 1250 g/mol. The molecule has 4 fully saturated rings. The summed E-state index contributed by atoms with van der Waals surface area (Å²) in [6.07, 6.45) is 26.5. The number of aliphatic hydroxyl groups excluding tert-OH is 2. The maximum absolute atomic E-state index is 14.0. The van der Waals surface area contributed by atoms with Gasteiger partial charge in [-0.25, -0.2) is 26.4 Å². The molecule has 8 aliphatic rings. The Morgan fingerprint density at radius 3 is 1.67 bits per heavy atom. The van der Waals surface area contributed by atoms with E-state index >= 15 is 0 Å². The average molecular weight is 1250 g/mol. The zero-order valence-corrected chi connectivity index (χ0v) is 54.1. The van der Waals surface area contributed by atoms with Crippen molar-refractivity contribution in [3.8, 4) is 11.5 Å². The first-order valence-electron chi connectivity index (χ1n) is 32.6. The van der Waals surface area contributed by atoms with Crippen LogP contribution in [0.2, 0.25) is 0 Å². The van der Waals surface area contributed by atoms with Crippen LogP contribution >= 0.6 is 0 Å². The number of fused-ring (bicyclic) bond motifs is 12.